The van der Waals surface area contributed by atoms with Crippen molar-refractivity contribution in [2.75, 3.05) is 0 Å². The molecule has 0 saturated carbocycles. The lowest BCUT2D eigenvalue weighted by atomic mass is 9.74. The molecule has 2 nitrogen and oxygen atoms in total. The summed E-state index contributed by atoms with van der Waals surface area (Å²) in [5, 5.41) is 19.7. The molecule has 2 heteroatoms. The van der Waals surface area contributed by atoms with Gasteiger partial charge >= 0.3 is 0 Å². The van der Waals surface area contributed by atoms with Crippen molar-refractivity contribution >= 4 is 0 Å². The zero-order valence-electron chi connectivity index (χ0n) is 15.1. The molecular weight excluding hydrogens is 284 g/mol. The molecule has 0 heterocycles. The highest BCUT2D eigenvalue weighted by Crippen LogP contribution is 2.38. The highest BCUT2D eigenvalue weighted by atomic mass is 16.3. The lowest BCUT2D eigenvalue weighted by Crippen LogP contribution is -2.21. The maximum absolute atomic E-state index is 10.2. The molecule has 2 aromatic carbocycles. The van der Waals surface area contributed by atoms with Gasteiger partial charge in [0, 0.05) is 0 Å². The molecule has 124 valence electrons. The molecule has 2 rings (SSSR count). The summed E-state index contributed by atoms with van der Waals surface area (Å²) < 4.78 is 0. The normalized spacial score (nSPS) is 12.4. The molecule has 0 aliphatic carbocycles. The van der Waals surface area contributed by atoms with Crippen LogP contribution in [0.1, 0.15) is 63.8 Å². The Labute approximate surface area is 139 Å². The van der Waals surface area contributed by atoms with E-state index in [-0.39, 0.29) is 16.6 Å². The van der Waals surface area contributed by atoms with Crippen LogP contribution < -0.4 is 0 Å². The summed E-state index contributed by atoms with van der Waals surface area (Å²) >= 11 is 0. The van der Waals surface area contributed by atoms with Gasteiger partial charge in [0.1, 0.15) is 11.5 Å². The third-order valence-electron chi connectivity index (χ3n) is 4.17. The minimum absolute atomic E-state index is 0.0506. The Hall–Kier alpha value is -1.96. The largest absolute Gasteiger partial charge is 0.508 e. The van der Waals surface area contributed by atoms with Crippen molar-refractivity contribution in [2.45, 2.75) is 58.8 Å². The molecule has 0 bridgehead atoms. The maximum Gasteiger partial charge on any atom is 0.116 e. The van der Waals surface area contributed by atoms with E-state index in [9.17, 15) is 10.2 Å². The van der Waals surface area contributed by atoms with Crippen LogP contribution in [0.3, 0.4) is 0 Å². The van der Waals surface area contributed by atoms with Crippen molar-refractivity contribution in [1.82, 2.24) is 0 Å². The molecule has 0 unspecified atom stereocenters. The number of rotatable bonds is 2. The number of phenols is 2. The fourth-order valence-corrected chi connectivity index (χ4v) is 3.00. The van der Waals surface area contributed by atoms with Crippen LogP contribution in [0.2, 0.25) is 0 Å². The van der Waals surface area contributed by atoms with E-state index in [4.69, 9.17) is 0 Å². The molecule has 0 saturated heterocycles. The molecule has 0 aromatic heterocycles. The Balaban J connectivity index is 2.64. The first-order valence-corrected chi connectivity index (χ1v) is 8.13. The number of hydrogen-bond acceptors (Lipinski definition) is 2. The highest BCUT2D eigenvalue weighted by Gasteiger charge is 2.26. The number of hydrogen-bond donors (Lipinski definition) is 2. The van der Waals surface area contributed by atoms with Crippen LogP contribution in [-0.2, 0) is 17.3 Å². The van der Waals surface area contributed by atoms with E-state index in [2.05, 4.69) is 41.5 Å². The maximum atomic E-state index is 10.2. The van der Waals surface area contributed by atoms with Gasteiger partial charge in [-0.1, -0.05) is 53.7 Å². The summed E-state index contributed by atoms with van der Waals surface area (Å²) in [6.07, 6.45) is 0.791. The molecule has 0 aliphatic rings. The fourth-order valence-electron chi connectivity index (χ4n) is 3.00. The summed E-state index contributed by atoms with van der Waals surface area (Å²) in [5.41, 5.74) is 4.68. The zero-order valence-corrected chi connectivity index (χ0v) is 15.1. The van der Waals surface area contributed by atoms with Crippen molar-refractivity contribution in [3.63, 3.8) is 0 Å². The average molecular weight is 312 g/mol. The van der Waals surface area contributed by atoms with E-state index in [1.807, 2.05) is 24.3 Å². The van der Waals surface area contributed by atoms with E-state index in [0.29, 0.717) is 5.75 Å². The second-order valence-corrected chi connectivity index (χ2v) is 8.36. The van der Waals surface area contributed by atoms with Gasteiger partial charge in [-0.3, -0.25) is 0 Å². The van der Waals surface area contributed by atoms with Crippen molar-refractivity contribution in [3.05, 3.63) is 58.7 Å². The smallest absolute Gasteiger partial charge is 0.116 e. The monoisotopic (exact) mass is 312 g/mol. The van der Waals surface area contributed by atoms with Gasteiger partial charge in [0.25, 0.3) is 0 Å². The first-order valence-electron chi connectivity index (χ1n) is 8.13. The fraction of sp³-hybridized carbons (Fsp3) is 0.429. The van der Waals surface area contributed by atoms with Crippen molar-refractivity contribution in [3.8, 4) is 11.5 Å². The molecule has 0 fully saturated rings. The van der Waals surface area contributed by atoms with Gasteiger partial charge in [-0.2, -0.15) is 0 Å². The van der Waals surface area contributed by atoms with Gasteiger partial charge in [-0.05, 0) is 63.8 Å². The minimum atomic E-state index is -0.0506. The third kappa shape index (κ3) is 4.07. The quantitative estimate of drug-likeness (QED) is 0.791. The number of benzene rings is 2. The van der Waals surface area contributed by atoms with E-state index in [0.717, 1.165) is 12.0 Å². The van der Waals surface area contributed by atoms with E-state index in [1.165, 1.54) is 16.7 Å². The zero-order chi connectivity index (χ0) is 17.4. The van der Waals surface area contributed by atoms with Crippen LogP contribution in [0.15, 0.2) is 36.4 Å². The molecule has 23 heavy (non-hydrogen) atoms. The van der Waals surface area contributed by atoms with Crippen LogP contribution >= 0.6 is 0 Å². The van der Waals surface area contributed by atoms with Crippen molar-refractivity contribution in [2.24, 2.45) is 0 Å². The summed E-state index contributed by atoms with van der Waals surface area (Å²) in [4.78, 5) is 0. The summed E-state index contributed by atoms with van der Waals surface area (Å²) in [7, 11) is 0. The standard InChI is InChI=1S/C21H28O2/c1-20(2,3)18-12-16(23)13-19(21(4,5)6)17(18)11-14-7-9-15(22)10-8-14/h7-10,12-13,22-23H,11H2,1-6H3. The van der Waals surface area contributed by atoms with Gasteiger partial charge in [0.05, 0.1) is 0 Å². The molecular formula is C21H28O2. The predicted molar refractivity (Wildman–Crippen MR) is 96.4 cm³/mol. The average Bonchev–Trinajstić information content (AvgIpc) is 2.40. The van der Waals surface area contributed by atoms with Gasteiger partial charge < -0.3 is 10.2 Å². The van der Waals surface area contributed by atoms with Crippen LogP contribution in [0, 0.1) is 0 Å². The number of aromatic hydroxyl groups is 2. The first kappa shape index (κ1) is 17.4. The van der Waals surface area contributed by atoms with E-state index < -0.39 is 0 Å². The molecule has 2 N–H and O–H groups in total. The molecule has 0 spiro atoms. The molecule has 0 amide bonds. The summed E-state index contributed by atoms with van der Waals surface area (Å²) in [6, 6.07) is 11.2. The van der Waals surface area contributed by atoms with Gasteiger partial charge in [-0.15, -0.1) is 0 Å². The summed E-state index contributed by atoms with van der Waals surface area (Å²) in [5.74, 6) is 0.612. The first-order chi connectivity index (χ1) is 10.5. The lowest BCUT2D eigenvalue weighted by Gasteiger charge is -2.30. The van der Waals surface area contributed by atoms with Crippen LogP contribution in [-0.4, -0.2) is 10.2 Å². The van der Waals surface area contributed by atoms with Gasteiger partial charge in [-0.25, -0.2) is 0 Å². The van der Waals surface area contributed by atoms with Crippen molar-refractivity contribution in [1.29, 1.82) is 0 Å². The van der Waals surface area contributed by atoms with Crippen LogP contribution in [0.25, 0.3) is 0 Å². The van der Waals surface area contributed by atoms with E-state index >= 15 is 0 Å². The second-order valence-electron chi connectivity index (χ2n) is 8.36. The Morgan fingerprint density at radius 1 is 0.696 bits per heavy atom. The van der Waals surface area contributed by atoms with Crippen LogP contribution in [0.5, 0.6) is 11.5 Å². The lowest BCUT2D eigenvalue weighted by molar-refractivity contribution is 0.464. The van der Waals surface area contributed by atoms with Gasteiger partial charge in [0.2, 0.25) is 0 Å². The van der Waals surface area contributed by atoms with Crippen molar-refractivity contribution < 1.29 is 10.2 Å². The summed E-state index contributed by atoms with van der Waals surface area (Å²) in [6.45, 7) is 13.1. The second kappa shape index (κ2) is 5.92. The molecule has 2 aromatic rings. The molecule has 0 aliphatic heterocycles. The Morgan fingerprint density at radius 2 is 1.13 bits per heavy atom. The third-order valence-corrected chi connectivity index (χ3v) is 4.17. The van der Waals surface area contributed by atoms with Crippen LogP contribution in [0.4, 0.5) is 0 Å². The number of phenolic OH excluding ortho intramolecular Hbond substituents is 2. The molecule has 0 atom stereocenters. The topological polar surface area (TPSA) is 40.5 Å². The minimum Gasteiger partial charge on any atom is -0.508 e. The molecule has 0 radical (unpaired) electrons. The Bertz CT molecular complexity index is 648. The Kier molecular flexibility index (Phi) is 4.48. The predicted octanol–water partition coefficient (Wildman–Crippen LogP) is 5.28. The Morgan fingerprint density at radius 3 is 1.52 bits per heavy atom. The van der Waals surface area contributed by atoms with Gasteiger partial charge in [0.15, 0.2) is 0 Å². The highest BCUT2D eigenvalue weighted by molar-refractivity contribution is 5.49. The van der Waals surface area contributed by atoms with E-state index in [1.54, 1.807) is 12.1 Å². The SMILES string of the molecule is CC(C)(C)c1cc(O)cc(C(C)(C)C)c1Cc1ccc(O)cc1.